The number of nitrogen functional groups attached to an aromatic ring is 1. The third kappa shape index (κ3) is 2.99. The fourth-order valence-electron chi connectivity index (χ4n) is 1.57. The van der Waals surface area contributed by atoms with Crippen molar-refractivity contribution in [2.45, 2.75) is 6.42 Å². The largest absolute Gasteiger partial charge is 0.454 e. The summed E-state index contributed by atoms with van der Waals surface area (Å²) in [5, 5.41) is 8.65. The van der Waals surface area contributed by atoms with Gasteiger partial charge < -0.3 is 10.5 Å². The van der Waals surface area contributed by atoms with Crippen molar-refractivity contribution in [1.29, 1.82) is 5.26 Å². The molecular weight excluding hydrogens is 250 g/mol. The standard InChI is InChI=1S/C14H10F2N2O/c15-10-1-4-14(12(16)8-10)19-11-2-3-13(18)9(7-11)5-6-17/h1-4,7-8H,5,18H2. The maximum Gasteiger partial charge on any atom is 0.168 e. The zero-order valence-electron chi connectivity index (χ0n) is 9.86. The summed E-state index contributed by atoms with van der Waals surface area (Å²) < 4.78 is 31.5. The number of hydrogen-bond acceptors (Lipinski definition) is 3. The molecule has 19 heavy (non-hydrogen) atoms. The van der Waals surface area contributed by atoms with Gasteiger partial charge in [-0.05, 0) is 35.9 Å². The van der Waals surface area contributed by atoms with Gasteiger partial charge in [-0.3, -0.25) is 0 Å². The van der Waals surface area contributed by atoms with Gasteiger partial charge in [0, 0.05) is 11.8 Å². The maximum absolute atomic E-state index is 13.4. The molecule has 0 aliphatic carbocycles. The lowest BCUT2D eigenvalue weighted by Gasteiger charge is -2.09. The van der Waals surface area contributed by atoms with E-state index in [2.05, 4.69) is 0 Å². The first-order valence-corrected chi connectivity index (χ1v) is 5.48. The Morgan fingerprint density at radius 3 is 2.63 bits per heavy atom. The van der Waals surface area contributed by atoms with Crippen molar-refractivity contribution in [3.63, 3.8) is 0 Å². The van der Waals surface area contributed by atoms with E-state index in [0.717, 1.165) is 12.1 Å². The number of halogens is 2. The molecule has 0 unspecified atom stereocenters. The van der Waals surface area contributed by atoms with Crippen molar-refractivity contribution in [3.05, 3.63) is 53.6 Å². The van der Waals surface area contributed by atoms with Crippen LogP contribution in [0.25, 0.3) is 0 Å². The predicted octanol–water partition coefficient (Wildman–Crippen LogP) is 3.41. The second-order valence-corrected chi connectivity index (χ2v) is 3.87. The summed E-state index contributed by atoms with van der Waals surface area (Å²) in [4.78, 5) is 0. The molecule has 0 fully saturated rings. The Balaban J connectivity index is 2.28. The maximum atomic E-state index is 13.4. The van der Waals surface area contributed by atoms with Crippen LogP contribution in [0.2, 0.25) is 0 Å². The number of anilines is 1. The molecule has 0 aliphatic rings. The molecule has 3 nitrogen and oxygen atoms in total. The van der Waals surface area contributed by atoms with Crippen LogP contribution in [0.1, 0.15) is 5.56 Å². The molecule has 0 amide bonds. The molecule has 0 bridgehead atoms. The fraction of sp³-hybridized carbons (Fsp3) is 0.0714. The molecule has 2 N–H and O–H groups in total. The minimum absolute atomic E-state index is 0.0888. The smallest absolute Gasteiger partial charge is 0.168 e. The first-order valence-electron chi connectivity index (χ1n) is 5.48. The average molecular weight is 260 g/mol. The summed E-state index contributed by atoms with van der Waals surface area (Å²) >= 11 is 0. The van der Waals surface area contributed by atoms with E-state index < -0.39 is 11.6 Å². The molecule has 2 rings (SSSR count). The minimum atomic E-state index is -0.793. The molecule has 2 aromatic rings. The highest BCUT2D eigenvalue weighted by molar-refractivity contribution is 5.52. The third-order valence-corrected chi connectivity index (χ3v) is 2.51. The highest BCUT2D eigenvalue weighted by atomic mass is 19.1. The number of rotatable bonds is 3. The first-order chi connectivity index (χ1) is 9.10. The van der Waals surface area contributed by atoms with Crippen molar-refractivity contribution in [2.24, 2.45) is 0 Å². The number of nitriles is 1. The summed E-state index contributed by atoms with van der Waals surface area (Å²) in [7, 11) is 0. The summed E-state index contributed by atoms with van der Waals surface area (Å²) in [6, 6.07) is 9.70. The lowest BCUT2D eigenvalue weighted by molar-refractivity contribution is 0.437. The van der Waals surface area contributed by atoms with Crippen LogP contribution in [0.5, 0.6) is 11.5 Å². The van der Waals surface area contributed by atoms with Gasteiger partial charge >= 0.3 is 0 Å². The Bertz CT molecular complexity index is 650. The van der Waals surface area contributed by atoms with Crippen molar-refractivity contribution in [1.82, 2.24) is 0 Å². The molecule has 0 radical (unpaired) electrons. The summed E-state index contributed by atoms with van der Waals surface area (Å²) in [6.45, 7) is 0. The van der Waals surface area contributed by atoms with Gasteiger partial charge in [0.05, 0.1) is 12.5 Å². The summed E-state index contributed by atoms with van der Waals surface area (Å²) in [5.41, 5.74) is 6.75. The van der Waals surface area contributed by atoms with Crippen LogP contribution < -0.4 is 10.5 Å². The Hall–Kier alpha value is -2.61. The van der Waals surface area contributed by atoms with E-state index >= 15 is 0 Å². The second-order valence-electron chi connectivity index (χ2n) is 3.87. The van der Waals surface area contributed by atoms with E-state index in [-0.39, 0.29) is 12.2 Å². The Morgan fingerprint density at radius 2 is 1.95 bits per heavy atom. The lowest BCUT2D eigenvalue weighted by Crippen LogP contribution is -1.95. The molecule has 0 spiro atoms. The van der Waals surface area contributed by atoms with E-state index in [0.29, 0.717) is 17.0 Å². The Kier molecular flexibility index (Phi) is 3.62. The quantitative estimate of drug-likeness (QED) is 0.860. The zero-order chi connectivity index (χ0) is 13.8. The SMILES string of the molecule is N#CCc1cc(Oc2ccc(F)cc2F)ccc1N. The molecular formula is C14H10F2N2O. The number of nitrogens with zero attached hydrogens (tertiary/aromatic N) is 1. The van der Waals surface area contributed by atoms with Crippen LogP contribution in [-0.4, -0.2) is 0 Å². The van der Waals surface area contributed by atoms with Crippen molar-refractivity contribution < 1.29 is 13.5 Å². The topological polar surface area (TPSA) is 59.0 Å². The van der Waals surface area contributed by atoms with Crippen LogP contribution in [0, 0.1) is 23.0 Å². The first kappa shape index (κ1) is 12.8. The molecule has 0 aromatic heterocycles. The predicted molar refractivity (Wildman–Crippen MR) is 66.6 cm³/mol. The second kappa shape index (κ2) is 5.36. The Labute approximate surface area is 108 Å². The van der Waals surface area contributed by atoms with Crippen molar-refractivity contribution in [2.75, 3.05) is 5.73 Å². The van der Waals surface area contributed by atoms with Gasteiger partial charge in [-0.1, -0.05) is 0 Å². The van der Waals surface area contributed by atoms with Gasteiger partial charge in [0.25, 0.3) is 0 Å². The minimum Gasteiger partial charge on any atom is -0.454 e. The zero-order valence-corrected chi connectivity index (χ0v) is 9.86. The van der Waals surface area contributed by atoms with Gasteiger partial charge in [0.2, 0.25) is 0 Å². The highest BCUT2D eigenvalue weighted by Crippen LogP contribution is 2.27. The summed E-state index contributed by atoms with van der Waals surface area (Å²) in [5.74, 6) is -1.22. The van der Waals surface area contributed by atoms with Gasteiger partial charge in [0.1, 0.15) is 11.6 Å². The van der Waals surface area contributed by atoms with Gasteiger partial charge in [-0.15, -0.1) is 0 Å². The van der Waals surface area contributed by atoms with Crippen LogP contribution in [-0.2, 0) is 6.42 Å². The number of ether oxygens (including phenoxy) is 1. The fourth-order valence-corrected chi connectivity index (χ4v) is 1.57. The van der Waals surface area contributed by atoms with Crippen LogP contribution in [0.3, 0.4) is 0 Å². The molecule has 0 aliphatic heterocycles. The number of hydrogen-bond donors (Lipinski definition) is 1. The number of nitrogens with two attached hydrogens (primary N) is 1. The molecule has 0 atom stereocenters. The average Bonchev–Trinajstić information content (AvgIpc) is 2.37. The Morgan fingerprint density at radius 1 is 1.16 bits per heavy atom. The normalized spacial score (nSPS) is 9.95. The van der Waals surface area contributed by atoms with Crippen LogP contribution in [0.15, 0.2) is 36.4 Å². The van der Waals surface area contributed by atoms with E-state index in [4.69, 9.17) is 15.7 Å². The number of benzene rings is 2. The van der Waals surface area contributed by atoms with E-state index in [1.54, 1.807) is 18.2 Å². The van der Waals surface area contributed by atoms with E-state index in [9.17, 15) is 8.78 Å². The van der Waals surface area contributed by atoms with E-state index in [1.165, 1.54) is 6.07 Å². The molecule has 0 saturated heterocycles. The molecule has 2 aromatic carbocycles. The third-order valence-electron chi connectivity index (χ3n) is 2.51. The van der Waals surface area contributed by atoms with Gasteiger partial charge in [-0.2, -0.15) is 5.26 Å². The van der Waals surface area contributed by atoms with E-state index in [1.807, 2.05) is 6.07 Å². The molecule has 96 valence electrons. The van der Waals surface area contributed by atoms with Gasteiger partial charge in [0.15, 0.2) is 11.6 Å². The highest BCUT2D eigenvalue weighted by Gasteiger charge is 2.08. The van der Waals surface area contributed by atoms with Crippen molar-refractivity contribution in [3.8, 4) is 17.6 Å². The lowest BCUT2D eigenvalue weighted by atomic mass is 10.1. The molecule has 0 saturated carbocycles. The molecule has 5 heteroatoms. The summed E-state index contributed by atoms with van der Waals surface area (Å²) in [6.07, 6.45) is 0.134. The monoisotopic (exact) mass is 260 g/mol. The van der Waals surface area contributed by atoms with Crippen LogP contribution >= 0.6 is 0 Å². The van der Waals surface area contributed by atoms with Gasteiger partial charge in [-0.25, -0.2) is 8.78 Å². The van der Waals surface area contributed by atoms with Crippen molar-refractivity contribution >= 4 is 5.69 Å². The molecule has 0 heterocycles. The van der Waals surface area contributed by atoms with Crippen LogP contribution in [0.4, 0.5) is 14.5 Å².